The molecule has 0 radical (unpaired) electrons. The molecule has 4 nitrogen and oxygen atoms in total. The van der Waals surface area contributed by atoms with Crippen LogP contribution in [0.15, 0.2) is 12.3 Å². The van der Waals surface area contributed by atoms with E-state index in [1.165, 1.54) is 12.3 Å². The molecule has 0 aliphatic rings. The molecule has 0 atom stereocenters. The van der Waals surface area contributed by atoms with Crippen molar-refractivity contribution < 1.29 is 13.9 Å². The second kappa shape index (κ2) is 5.05. The van der Waals surface area contributed by atoms with Crippen LogP contribution in [0.3, 0.4) is 0 Å². The minimum atomic E-state index is -0.756. The van der Waals surface area contributed by atoms with E-state index in [4.69, 9.17) is 5.26 Å². The van der Waals surface area contributed by atoms with Gasteiger partial charge in [0.1, 0.15) is 6.07 Å². The summed E-state index contributed by atoms with van der Waals surface area (Å²) in [6.45, 7) is 1.89. The SMILES string of the molecule is CCOC(=O)Cc1nccc(C#N)c1F. The fourth-order valence-electron chi connectivity index (χ4n) is 1.05. The van der Waals surface area contributed by atoms with Crippen LogP contribution in [0.5, 0.6) is 0 Å². The van der Waals surface area contributed by atoms with Gasteiger partial charge in [0.05, 0.1) is 24.3 Å². The van der Waals surface area contributed by atoms with Crippen molar-refractivity contribution in [3.05, 3.63) is 29.3 Å². The molecule has 0 aromatic carbocycles. The molecule has 1 heterocycles. The molecule has 15 heavy (non-hydrogen) atoms. The Morgan fingerprint density at radius 1 is 1.73 bits per heavy atom. The van der Waals surface area contributed by atoms with Crippen LogP contribution < -0.4 is 0 Å². The van der Waals surface area contributed by atoms with Crippen molar-refractivity contribution in [1.29, 1.82) is 5.26 Å². The monoisotopic (exact) mass is 208 g/mol. The van der Waals surface area contributed by atoms with Gasteiger partial charge in [-0.25, -0.2) is 4.39 Å². The molecule has 0 N–H and O–H groups in total. The van der Waals surface area contributed by atoms with Gasteiger partial charge in [0.15, 0.2) is 5.82 Å². The van der Waals surface area contributed by atoms with Crippen molar-refractivity contribution >= 4 is 5.97 Å². The molecule has 1 aromatic heterocycles. The minimum Gasteiger partial charge on any atom is -0.466 e. The van der Waals surface area contributed by atoms with Crippen LogP contribution in [-0.4, -0.2) is 17.6 Å². The maximum atomic E-state index is 13.4. The van der Waals surface area contributed by atoms with Crippen molar-refractivity contribution in [3.8, 4) is 6.07 Å². The van der Waals surface area contributed by atoms with E-state index >= 15 is 0 Å². The Morgan fingerprint density at radius 2 is 2.47 bits per heavy atom. The van der Waals surface area contributed by atoms with Gasteiger partial charge in [-0.2, -0.15) is 5.26 Å². The van der Waals surface area contributed by atoms with Gasteiger partial charge in [0.2, 0.25) is 0 Å². The fraction of sp³-hybridized carbons (Fsp3) is 0.300. The standard InChI is InChI=1S/C10H9FN2O2/c1-2-15-9(14)5-8-10(11)7(6-12)3-4-13-8/h3-4H,2,5H2,1H3. The van der Waals surface area contributed by atoms with E-state index in [1.807, 2.05) is 0 Å². The van der Waals surface area contributed by atoms with E-state index in [-0.39, 0.29) is 24.3 Å². The molecule has 78 valence electrons. The number of nitrogens with zero attached hydrogens (tertiary/aromatic N) is 2. The zero-order chi connectivity index (χ0) is 11.3. The van der Waals surface area contributed by atoms with E-state index in [0.717, 1.165) is 0 Å². The quantitative estimate of drug-likeness (QED) is 0.700. The number of aromatic nitrogens is 1. The van der Waals surface area contributed by atoms with E-state index in [0.29, 0.717) is 0 Å². The number of carbonyl (C=O) groups excluding carboxylic acids is 1. The number of hydrogen-bond acceptors (Lipinski definition) is 4. The number of ether oxygens (including phenoxy) is 1. The van der Waals surface area contributed by atoms with Gasteiger partial charge < -0.3 is 4.74 Å². The van der Waals surface area contributed by atoms with Crippen molar-refractivity contribution in [3.63, 3.8) is 0 Å². The zero-order valence-corrected chi connectivity index (χ0v) is 8.16. The molecule has 0 spiro atoms. The number of hydrogen-bond donors (Lipinski definition) is 0. The molecule has 0 amide bonds. The van der Waals surface area contributed by atoms with Crippen molar-refractivity contribution in [1.82, 2.24) is 4.98 Å². The lowest BCUT2D eigenvalue weighted by Gasteiger charge is -2.02. The van der Waals surface area contributed by atoms with Crippen molar-refractivity contribution in [2.24, 2.45) is 0 Å². The lowest BCUT2D eigenvalue weighted by molar-refractivity contribution is -0.142. The highest BCUT2D eigenvalue weighted by Gasteiger charge is 2.13. The molecule has 0 unspecified atom stereocenters. The lowest BCUT2D eigenvalue weighted by atomic mass is 10.2. The third-order valence-electron chi connectivity index (χ3n) is 1.70. The first-order valence-electron chi connectivity index (χ1n) is 4.38. The number of esters is 1. The van der Waals surface area contributed by atoms with Crippen LogP contribution in [0, 0.1) is 17.1 Å². The highest BCUT2D eigenvalue weighted by atomic mass is 19.1. The summed E-state index contributed by atoms with van der Waals surface area (Å²) < 4.78 is 18.0. The first-order valence-corrected chi connectivity index (χ1v) is 4.38. The van der Waals surface area contributed by atoms with Gasteiger partial charge >= 0.3 is 5.97 Å². The van der Waals surface area contributed by atoms with Crippen LogP contribution in [-0.2, 0) is 16.0 Å². The maximum absolute atomic E-state index is 13.4. The molecule has 5 heteroatoms. The smallest absolute Gasteiger partial charge is 0.311 e. The normalized spacial score (nSPS) is 9.40. The van der Waals surface area contributed by atoms with E-state index in [2.05, 4.69) is 9.72 Å². The van der Waals surface area contributed by atoms with E-state index < -0.39 is 11.8 Å². The molecule has 0 saturated heterocycles. The molecule has 0 fully saturated rings. The molecule has 1 rings (SSSR count). The summed E-state index contributed by atoms with van der Waals surface area (Å²) in [4.78, 5) is 14.7. The summed E-state index contributed by atoms with van der Waals surface area (Å²) in [7, 11) is 0. The van der Waals surface area contributed by atoms with Gasteiger partial charge in [-0.05, 0) is 13.0 Å². The maximum Gasteiger partial charge on any atom is 0.311 e. The Kier molecular flexibility index (Phi) is 3.75. The van der Waals surface area contributed by atoms with Crippen LogP contribution in [0.4, 0.5) is 4.39 Å². The largest absolute Gasteiger partial charge is 0.466 e. The summed E-state index contributed by atoms with van der Waals surface area (Å²) in [6, 6.07) is 2.93. The second-order valence-electron chi connectivity index (χ2n) is 2.71. The summed E-state index contributed by atoms with van der Waals surface area (Å²) in [6.07, 6.45) is 1.03. The molecule has 0 bridgehead atoms. The average molecular weight is 208 g/mol. The molecule has 0 aliphatic carbocycles. The Hall–Kier alpha value is -1.96. The third-order valence-corrected chi connectivity index (χ3v) is 1.70. The Balaban J connectivity index is 2.87. The first-order chi connectivity index (χ1) is 7.19. The van der Waals surface area contributed by atoms with E-state index in [9.17, 15) is 9.18 Å². The van der Waals surface area contributed by atoms with Gasteiger partial charge in [-0.15, -0.1) is 0 Å². The van der Waals surface area contributed by atoms with Gasteiger partial charge in [-0.1, -0.05) is 0 Å². The Morgan fingerprint density at radius 3 is 3.07 bits per heavy atom. The third kappa shape index (κ3) is 2.74. The number of halogens is 1. The van der Waals surface area contributed by atoms with Crippen LogP contribution >= 0.6 is 0 Å². The van der Waals surface area contributed by atoms with E-state index in [1.54, 1.807) is 13.0 Å². The predicted octanol–water partition coefficient (Wildman–Crippen LogP) is 1.20. The van der Waals surface area contributed by atoms with Crippen LogP contribution in [0.2, 0.25) is 0 Å². The zero-order valence-electron chi connectivity index (χ0n) is 8.16. The molecular formula is C10H9FN2O2. The highest BCUT2D eigenvalue weighted by molar-refractivity contribution is 5.72. The second-order valence-corrected chi connectivity index (χ2v) is 2.71. The fourth-order valence-corrected chi connectivity index (χ4v) is 1.05. The number of nitriles is 1. The summed E-state index contributed by atoms with van der Waals surface area (Å²) >= 11 is 0. The number of carbonyl (C=O) groups is 1. The summed E-state index contributed by atoms with van der Waals surface area (Å²) in [5, 5.41) is 8.55. The van der Waals surface area contributed by atoms with Crippen LogP contribution in [0.25, 0.3) is 0 Å². The number of pyridine rings is 1. The Labute approximate surface area is 86.3 Å². The van der Waals surface area contributed by atoms with Crippen LogP contribution in [0.1, 0.15) is 18.2 Å². The molecular weight excluding hydrogens is 199 g/mol. The molecule has 1 aromatic rings. The van der Waals surface area contributed by atoms with Gasteiger partial charge in [-0.3, -0.25) is 9.78 Å². The van der Waals surface area contributed by atoms with Gasteiger partial charge in [0.25, 0.3) is 0 Å². The summed E-state index contributed by atoms with van der Waals surface area (Å²) in [5.74, 6) is -1.31. The predicted molar refractivity (Wildman–Crippen MR) is 49.2 cm³/mol. The molecule has 0 saturated carbocycles. The first kappa shape index (κ1) is 11.1. The lowest BCUT2D eigenvalue weighted by Crippen LogP contribution is -2.10. The topological polar surface area (TPSA) is 63.0 Å². The van der Waals surface area contributed by atoms with Crippen molar-refractivity contribution in [2.75, 3.05) is 6.61 Å². The summed E-state index contributed by atoms with van der Waals surface area (Å²) in [5.41, 5.74) is -0.184. The highest BCUT2D eigenvalue weighted by Crippen LogP contribution is 2.10. The Bertz CT molecular complexity index is 412. The number of rotatable bonds is 3. The average Bonchev–Trinajstić information content (AvgIpc) is 2.21. The van der Waals surface area contributed by atoms with Gasteiger partial charge in [0, 0.05) is 6.20 Å². The van der Waals surface area contributed by atoms with Crippen molar-refractivity contribution in [2.45, 2.75) is 13.3 Å². The molecule has 0 aliphatic heterocycles. The minimum absolute atomic E-state index is 0.0625.